The van der Waals surface area contributed by atoms with Crippen LogP contribution in [0.5, 0.6) is 5.75 Å². The van der Waals surface area contributed by atoms with Crippen molar-refractivity contribution in [2.45, 2.75) is 31.8 Å². The van der Waals surface area contributed by atoms with Gasteiger partial charge in [0.05, 0.1) is 0 Å². The fourth-order valence-corrected chi connectivity index (χ4v) is 1.94. The van der Waals surface area contributed by atoms with E-state index in [0.29, 0.717) is 5.75 Å². The summed E-state index contributed by atoms with van der Waals surface area (Å²) in [6, 6.07) is 6.07. The molecule has 1 atom stereocenters. The Morgan fingerprint density at radius 2 is 2.00 bits per heavy atom. The fraction of sp³-hybridized carbons (Fsp3) is 0.538. The van der Waals surface area contributed by atoms with E-state index in [1.54, 1.807) is 12.1 Å². The number of piperidine rings is 1. The monoisotopic (exact) mass is 241 g/mol. The third kappa shape index (κ3) is 3.40. The largest absolute Gasteiger partial charge is 0.489 e. The molecule has 1 saturated heterocycles. The van der Waals surface area contributed by atoms with Gasteiger partial charge in [-0.3, -0.25) is 0 Å². The Bertz CT molecular complexity index is 353. The Balaban J connectivity index is 1.98. The highest BCUT2D eigenvalue weighted by Crippen LogP contribution is 2.28. The van der Waals surface area contributed by atoms with Gasteiger partial charge in [-0.1, -0.05) is 0 Å². The second-order valence-corrected chi connectivity index (χ2v) is 4.50. The van der Waals surface area contributed by atoms with Gasteiger partial charge in [0.15, 0.2) is 0 Å². The summed E-state index contributed by atoms with van der Waals surface area (Å²) in [6.07, 6.45) is 2.26. The Kier molecular flexibility index (Phi) is 3.62. The maximum absolute atomic E-state index is 13.0. The zero-order chi connectivity index (χ0) is 12.3. The minimum Gasteiger partial charge on any atom is -0.489 e. The van der Waals surface area contributed by atoms with Crippen LogP contribution in [-0.2, 0) is 5.92 Å². The molecule has 0 amide bonds. The van der Waals surface area contributed by atoms with Gasteiger partial charge in [0, 0.05) is 19.0 Å². The molecule has 0 spiro atoms. The van der Waals surface area contributed by atoms with E-state index in [4.69, 9.17) is 4.74 Å². The highest BCUT2D eigenvalue weighted by atomic mass is 19.3. The molecule has 0 saturated carbocycles. The average molecular weight is 241 g/mol. The number of hydrogen-bond donors (Lipinski definition) is 1. The highest BCUT2D eigenvalue weighted by Gasteiger charge is 2.24. The molecule has 1 aromatic carbocycles. The zero-order valence-corrected chi connectivity index (χ0v) is 9.88. The van der Waals surface area contributed by atoms with E-state index >= 15 is 0 Å². The Morgan fingerprint density at radius 1 is 1.29 bits per heavy atom. The third-order valence-corrected chi connectivity index (χ3v) is 2.92. The smallest absolute Gasteiger partial charge is 0.270 e. The average Bonchev–Trinajstić information content (AvgIpc) is 2.30. The van der Waals surface area contributed by atoms with E-state index in [1.807, 2.05) is 0 Å². The van der Waals surface area contributed by atoms with Crippen LogP contribution >= 0.6 is 0 Å². The SMILES string of the molecule is CC(F)(F)c1ccc(OC2CCCNC2)cc1. The van der Waals surface area contributed by atoms with E-state index in [0.717, 1.165) is 32.9 Å². The standard InChI is InChI=1S/C13H17F2NO/c1-13(14,15)10-4-6-11(7-5-10)17-12-3-2-8-16-9-12/h4-7,12,16H,2-3,8-9H2,1H3. The lowest BCUT2D eigenvalue weighted by Gasteiger charge is -2.24. The van der Waals surface area contributed by atoms with Crippen molar-refractivity contribution < 1.29 is 13.5 Å². The fourth-order valence-electron chi connectivity index (χ4n) is 1.94. The first-order valence-electron chi connectivity index (χ1n) is 5.91. The molecular weight excluding hydrogens is 224 g/mol. The van der Waals surface area contributed by atoms with Crippen LogP contribution in [0.25, 0.3) is 0 Å². The summed E-state index contributed by atoms with van der Waals surface area (Å²) < 4.78 is 31.7. The van der Waals surface area contributed by atoms with E-state index in [-0.39, 0.29) is 11.7 Å². The van der Waals surface area contributed by atoms with Crippen molar-refractivity contribution in [2.75, 3.05) is 13.1 Å². The summed E-state index contributed by atoms with van der Waals surface area (Å²) in [5.74, 6) is -2.13. The lowest BCUT2D eigenvalue weighted by molar-refractivity contribution is 0.0174. The molecule has 0 radical (unpaired) electrons. The van der Waals surface area contributed by atoms with E-state index in [2.05, 4.69) is 5.32 Å². The van der Waals surface area contributed by atoms with Crippen molar-refractivity contribution in [3.8, 4) is 5.75 Å². The van der Waals surface area contributed by atoms with E-state index < -0.39 is 5.92 Å². The van der Waals surface area contributed by atoms with E-state index in [9.17, 15) is 8.78 Å². The topological polar surface area (TPSA) is 21.3 Å². The van der Waals surface area contributed by atoms with Crippen LogP contribution in [0.1, 0.15) is 25.3 Å². The van der Waals surface area contributed by atoms with Crippen LogP contribution in [-0.4, -0.2) is 19.2 Å². The molecule has 1 aliphatic rings. The van der Waals surface area contributed by atoms with Crippen molar-refractivity contribution in [1.29, 1.82) is 0 Å². The molecule has 0 aromatic heterocycles. The van der Waals surface area contributed by atoms with Crippen LogP contribution in [0.2, 0.25) is 0 Å². The van der Waals surface area contributed by atoms with Crippen molar-refractivity contribution >= 4 is 0 Å². The van der Waals surface area contributed by atoms with Gasteiger partial charge in [0.1, 0.15) is 11.9 Å². The Hall–Kier alpha value is -1.16. The van der Waals surface area contributed by atoms with Gasteiger partial charge in [-0.2, -0.15) is 0 Å². The molecule has 1 fully saturated rings. The summed E-state index contributed by atoms with van der Waals surface area (Å²) in [5.41, 5.74) is 0.0200. The molecule has 1 N–H and O–H groups in total. The summed E-state index contributed by atoms with van der Waals surface area (Å²) in [4.78, 5) is 0. The van der Waals surface area contributed by atoms with E-state index in [1.165, 1.54) is 12.1 Å². The molecule has 0 bridgehead atoms. The summed E-state index contributed by atoms with van der Waals surface area (Å²) in [5, 5.41) is 3.25. The quantitative estimate of drug-likeness (QED) is 0.878. The molecule has 1 unspecified atom stereocenters. The first-order chi connectivity index (χ1) is 8.05. The molecule has 94 valence electrons. The minimum absolute atomic E-state index is 0.0200. The maximum Gasteiger partial charge on any atom is 0.270 e. The molecule has 2 rings (SSSR count). The van der Waals surface area contributed by atoms with Gasteiger partial charge in [0.2, 0.25) is 0 Å². The summed E-state index contributed by atoms with van der Waals surface area (Å²) >= 11 is 0. The second-order valence-electron chi connectivity index (χ2n) is 4.50. The first kappa shape index (κ1) is 12.3. The number of rotatable bonds is 3. The minimum atomic E-state index is -2.79. The predicted octanol–water partition coefficient (Wildman–Crippen LogP) is 2.93. The Labute approximate surface area is 100.0 Å². The van der Waals surface area contributed by atoms with Crippen molar-refractivity contribution in [3.63, 3.8) is 0 Å². The molecule has 1 aliphatic heterocycles. The van der Waals surface area contributed by atoms with Gasteiger partial charge in [-0.25, -0.2) is 8.78 Å². The van der Waals surface area contributed by atoms with Gasteiger partial charge >= 0.3 is 0 Å². The number of benzene rings is 1. The maximum atomic E-state index is 13.0. The molecule has 1 heterocycles. The highest BCUT2D eigenvalue weighted by molar-refractivity contribution is 5.29. The van der Waals surface area contributed by atoms with Crippen LogP contribution in [0, 0.1) is 0 Å². The van der Waals surface area contributed by atoms with Crippen LogP contribution in [0.3, 0.4) is 0 Å². The van der Waals surface area contributed by atoms with Crippen molar-refractivity contribution in [1.82, 2.24) is 5.32 Å². The van der Waals surface area contributed by atoms with Crippen molar-refractivity contribution in [2.24, 2.45) is 0 Å². The lowest BCUT2D eigenvalue weighted by Crippen LogP contribution is -2.37. The molecule has 1 aromatic rings. The third-order valence-electron chi connectivity index (χ3n) is 2.92. The lowest BCUT2D eigenvalue weighted by atomic mass is 10.1. The number of hydrogen-bond acceptors (Lipinski definition) is 2. The number of alkyl halides is 2. The normalized spacial score (nSPS) is 21.2. The number of halogens is 2. The van der Waals surface area contributed by atoms with Gasteiger partial charge in [-0.05, 0) is 43.7 Å². The zero-order valence-electron chi connectivity index (χ0n) is 9.88. The number of nitrogens with one attached hydrogen (secondary N) is 1. The first-order valence-corrected chi connectivity index (χ1v) is 5.91. The molecule has 2 nitrogen and oxygen atoms in total. The molecule has 0 aliphatic carbocycles. The molecular formula is C13H17F2NO. The summed E-state index contributed by atoms with van der Waals surface area (Å²) in [7, 11) is 0. The summed E-state index contributed by atoms with van der Waals surface area (Å²) in [6.45, 7) is 2.75. The van der Waals surface area contributed by atoms with Crippen LogP contribution < -0.4 is 10.1 Å². The van der Waals surface area contributed by atoms with Gasteiger partial charge in [0.25, 0.3) is 5.92 Å². The van der Waals surface area contributed by atoms with Gasteiger partial charge in [-0.15, -0.1) is 0 Å². The van der Waals surface area contributed by atoms with Crippen LogP contribution in [0.15, 0.2) is 24.3 Å². The molecule has 4 heteroatoms. The van der Waals surface area contributed by atoms with Gasteiger partial charge < -0.3 is 10.1 Å². The predicted molar refractivity (Wildman–Crippen MR) is 62.5 cm³/mol. The number of ether oxygens (including phenoxy) is 1. The van der Waals surface area contributed by atoms with Crippen LogP contribution in [0.4, 0.5) is 8.78 Å². The van der Waals surface area contributed by atoms with Crippen molar-refractivity contribution in [3.05, 3.63) is 29.8 Å². The Morgan fingerprint density at radius 3 is 2.53 bits per heavy atom. The molecule has 17 heavy (non-hydrogen) atoms. The second kappa shape index (κ2) is 5.00.